The number of benzene rings is 1. The average Bonchev–Trinajstić information content (AvgIpc) is 2.69. The quantitative estimate of drug-likeness (QED) is 0.205. The summed E-state index contributed by atoms with van der Waals surface area (Å²) >= 11 is 0. The first-order valence-corrected chi connectivity index (χ1v) is 12.9. The van der Waals surface area contributed by atoms with Crippen molar-refractivity contribution in [3.05, 3.63) is 35.9 Å². The van der Waals surface area contributed by atoms with E-state index in [0.717, 1.165) is 37.5 Å². The highest BCUT2D eigenvalue weighted by atomic mass is 127. The van der Waals surface area contributed by atoms with Crippen molar-refractivity contribution in [2.24, 2.45) is 16.3 Å². The fourth-order valence-corrected chi connectivity index (χ4v) is 5.37. The highest BCUT2D eigenvalue weighted by Gasteiger charge is 2.35. The zero-order valence-corrected chi connectivity index (χ0v) is 22.5. The zero-order valence-electron chi connectivity index (χ0n) is 19.4. The summed E-state index contributed by atoms with van der Waals surface area (Å²) in [5.74, 6) is 1.41. The van der Waals surface area contributed by atoms with E-state index in [-0.39, 0.29) is 47.0 Å². The first kappa shape index (κ1) is 28.2. The molecule has 0 radical (unpaired) electrons. The molecule has 178 valence electrons. The predicted molar refractivity (Wildman–Crippen MR) is 140 cm³/mol. The van der Waals surface area contributed by atoms with Crippen LogP contribution in [-0.4, -0.2) is 52.5 Å². The first-order chi connectivity index (χ1) is 14.2. The fraction of sp³-hybridized carbons (Fsp3) is 0.696. The Hall–Kier alpha value is -0.870. The molecule has 1 aromatic rings. The Labute approximate surface area is 206 Å². The van der Waals surface area contributed by atoms with Crippen LogP contribution in [-0.2, 0) is 20.3 Å². The molecule has 6 nitrogen and oxygen atoms in total. The molecule has 2 atom stereocenters. The van der Waals surface area contributed by atoms with Crippen molar-refractivity contribution < 1.29 is 13.2 Å². The highest BCUT2D eigenvalue weighted by Crippen LogP contribution is 2.34. The smallest absolute Gasteiger partial charge is 0.191 e. The number of sulfone groups is 1. The minimum Gasteiger partial charge on any atom is -0.377 e. The van der Waals surface area contributed by atoms with Gasteiger partial charge in [-0.15, -0.1) is 24.0 Å². The largest absolute Gasteiger partial charge is 0.377 e. The lowest BCUT2D eigenvalue weighted by Crippen LogP contribution is -2.43. The summed E-state index contributed by atoms with van der Waals surface area (Å²) in [5.41, 5.74) is 0.933. The topological polar surface area (TPSA) is 79.8 Å². The number of nitrogens with zero attached hydrogens (tertiary/aromatic N) is 1. The van der Waals surface area contributed by atoms with Crippen LogP contribution in [0.15, 0.2) is 35.3 Å². The van der Waals surface area contributed by atoms with Crippen LogP contribution in [0.5, 0.6) is 0 Å². The van der Waals surface area contributed by atoms with Gasteiger partial charge in [-0.05, 0) is 37.2 Å². The molecule has 1 aliphatic heterocycles. The van der Waals surface area contributed by atoms with Gasteiger partial charge < -0.3 is 15.4 Å². The Bertz CT molecular complexity index is 764. The second kappa shape index (κ2) is 13.6. The van der Waals surface area contributed by atoms with E-state index in [1.807, 2.05) is 37.3 Å². The first-order valence-electron chi connectivity index (χ1n) is 11.1. The molecule has 1 aromatic carbocycles. The summed E-state index contributed by atoms with van der Waals surface area (Å²) in [6.07, 6.45) is 2.97. The van der Waals surface area contributed by atoms with Gasteiger partial charge in [0, 0.05) is 32.2 Å². The molecular formula is C23H40IN3O3S. The molecule has 8 heteroatoms. The number of ether oxygens (including phenoxy) is 1. The molecule has 1 heterocycles. The maximum atomic E-state index is 12.3. The molecule has 0 saturated carbocycles. The summed E-state index contributed by atoms with van der Waals surface area (Å²) in [4.78, 5) is 4.77. The van der Waals surface area contributed by atoms with Crippen LogP contribution >= 0.6 is 24.0 Å². The maximum Gasteiger partial charge on any atom is 0.191 e. The minimum absolute atomic E-state index is 0. The third-order valence-corrected chi connectivity index (χ3v) is 6.96. The number of nitrogens with one attached hydrogen (secondary N) is 2. The SMILES string of the molecule is CCNC(=NCC1CCCOC1C(C)(C)C)NCCCS(=O)(=O)Cc1ccccc1.I. The van der Waals surface area contributed by atoms with Crippen LogP contribution in [0.3, 0.4) is 0 Å². The summed E-state index contributed by atoms with van der Waals surface area (Å²) in [5, 5.41) is 6.55. The lowest BCUT2D eigenvalue weighted by Gasteiger charge is -2.39. The Morgan fingerprint density at radius 2 is 1.90 bits per heavy atom. The van der Waals surface area contributed by atoms with Crippen LogP contribution in [0.2, 0.25) is 0 Å². The van der Waals surface area contributed by atoms with Crippen LogP contribution in [0.25, 0.3) is 0 Å². The molecule has 1 fully saturated rings. The van der Waals surface area contributed by atoms with Crippen LogP contribution < -0.4 is 10.6 Å². The Kier molecular flexibility index (Phi) is 12.4. The van der Waals surface area contributed by atoms with Crippen molar-refractivity contribution in [2.75, 3.05) is 32.0 Å². The van der Waals surface area contributed by atoms with Gasteiger partial charge in [-0.1, -0.05) is 51.1 Å². The van der Waals surface area contributed by atoms with Crippen molar-refractivity contribution in [2.45, 2.75) is 58.8 Å². The van der Waals surface area contributed by atoms with Crippen LogP contribution in [0.1, 0.15) is 52.5 Å². The number of rotatable bonds is 9. The predicted octanol–water partition coefficient (Wildman–Crippen LogP) is 4.01. The van der Waals surface area contributed by atoms with Gasteiger partial charge in [0.15, 0.2) is 15.8 Å². The maximum absolute atomic E-state index is 12.3. The molecule has 0 aliphatic carbocycles. The molecule has 1 saturated heterocycles. The molecule has 1 aliphatic rings. The average molecular weight is 566 g/mol. The number of guanidine groups is 1. The third-order valence-electron chi connectivity index (χ3n) is 5.28. The summed E-state index contributed by atoms with van der Waals surface area (Å²) in [7, 11) is -3.11. The van der Waals surface area contributed by atoms with E-state index in [1.54, 1.807) is 0 Å². The normalized spacial score (nSPS) is 20.1. The summed E-state index contributed by atoms with van der Waals surface area (Å²) in [6, 6.07) is 9.34. The zero-order chi connectivity index (χ0) is 22.0. The molecule has 0 aromatic heterocycles. The third kappa shape index (κ3) is 10.5. The van der Waals surface area contributed by atoms with Gasteiger partial charge in [0.2, 0.25) is 0 Å². The molecule has 0 spiro atoms. The van der Waals surface area contributed by atoms with E-state index in [9.17, 15) is 8.42 Å². The standard InChI is InChI=1S/C23H39N3O3S.HI/c1-5-24-22(26-17-20-13-9-15-29-21(20)23(2,3)4)25-14-10-16-30(27,28)18-19-11-7-6-8-12-19;/h6-8,11-12,20-21H,5,9-10,13-18H2,1-4H3,(H2,24,25,26);1H. The molecule has 0 bridgehead atoms. The molecular weight excluding hydrogens is 525 g/mol. The second-order valence-corrected chi connectivity index (χ2v) is 11.3. The van der Waals surface area contributed by atoms with E-state index in [0.29, 0.717) is 25.4 Å². The van der Waals surface area contributed by atoms with E-state index in [1.165, 1.54) is 0 Å². The molecule has 2 N–H and O–H groups in total. The van der Waals surface area contributed by atoms with Gasteiger partial charge in [-0.25, -0.2) is 8.42 Å². The van der Waals surface area contributed by atoms with Gasteiger partial charge in [0.05, 0.1) is 17.6 Å². The van der Waals surface area contributed by atoms with Crippen LogP contribution in [0.4, 0.5) is 0 Å². The fourth-order valence-electron chi connectivity index (χ4n) is 3.94. The van der Waals surface area contributed by atoms with E-state index >= 15 is 0 Å². The molecule has 2 rings (SSSR count). The lowest BCUT2D eigenvalue weighted by atomic mass is 9.78. The van der Waals surface area contributed by atoms with Gasteiger partial charge in [-0.3, -0.25) is 4.99 Å². The second-order valence-electron chi connectivity index (χ2n) is 9.14. The summed E-state index contributed by atoms with van der Waals surface area (Å²) in [6.45, 7) is 11.6. The molecule has 31 heavy (non-hydrogen) atoms. The molecule has 2 unspecified atom stereocenters. The van der Waals surface area contributed by atoms with Crippen molar-refractivity contribution in [3.63, 3.8) is 0 Å². The highest BCUT2D eigenvalue weighted by molar-refractivity contribution is 14.0. The van der Waals surface area contributed by atoms with Gasteiger partial charge in [-0.2, -0.15) is 0 Å². The summed E-state index contributed by atoms with van der Waals surface area (Å²) < 4.78 is 30.7. The molecule has 0 amide bonds. The number of hydrogen-bond acceptors (Lipinski definition) is 4. The Balaban J connectivity index is 0.00000480. The number of aliphatic imine (C=N–C) groups is 1. The van der Waals surface area contributed by atoms with Crippen molar-refractivity contribution in [1.29, 1.82) is 0 Å². The van der Waals surface area contributed by atoms with Gasteiger partial charge >= 0.3 is 0 Å². The van der Waals surface area contributed by atoms with E-state index < -0.39 is 9.84 Å². The monoisotopic (exact) mass is 565 g/mol. The Morgan fingerprint density at radius 1 is 1.19 bits per heavy atom. The minimum atomic E-state index is -3.11. The number of halogens is 1. The van der Waals surface area contributed by atoms with Gasteiger partial charge in [0.25, 0.3) is 0 Å². The van der Waals surface area contributed by atoms with Crippen molar-refractivity contribution >= 4 is 39.8 Å². The van der Waals surface area contributed by atoms with E-state index in [2.05, 4.69) is 31.4 Å². The van der Waals surface area contributed by atoms with Crippen molar-refractivity contribution in [1.82, 2.24) is 10.6 Å². The Morgan fingerprint density at radius 3 is 2.55 bits per heavy atom. The van der Waals surface area contributed by atoms with Crippen LogP contribution in [0, 0.1) is 11.3 Å². The number of hydrogen-bond donors (Lipinski definition) is 2. The van der Waals surface area contributed by atoms with E-state index in [4.69, 9.17) is 9.73 Å². The lowest BCUT2D eigenvalue weighted by molar-refractivity contribution is -0.0823. The van der Waals surface area contributed by atoms with Crippen molar-refractivity contribution in [3.8, 4) is 0 Å². The van der Waals surface area contributed by atoms with Gasteiger partial charge in [0.1, 0.15) is 0 Å².